The van der Waals surface area contributed by atoms with Crippen molar-refractivity contribution >= 4 is 50.5 Å². The SMILES string of the molecule is COc1ccc(S(=O)(=O)N(CC(=O)Nc2ccc(Cl)c(Cl)c2)c2ccc(F)cc2)cc1. The van der Waals surface area contributed by atoms with E-state index in [-0.39, 0.29) is 15.6 Å². The number of nitrogens with one attached hydrogen (secondary N) is 1. The van der Waals surface area contributed by atoms with E-state index < -0.39 is 28.3 Å². The van der Waals surface area contributed by atoms with Crippen LogP contribution in [-0.4, -0.2) is 28.0 Å². The van der Waals surface area contributed by atoms with Crippen LogP contribution in [0.25, 0.3) is 0 Å². The van der Waals surface area contributed by atoms with Crippen molar-refractivity contribution in [3.8, 4) is 5.75 Å². The van der Waals surface area contributed by atoms with E-state index in [2.05, 4.69) is 5.32 Å². The molecule has 6 nitrogen and oxygen atoms in total. The third-order valence-electron chi connectivity index (χ3n) is 4.25. The Balaban J connectivity index is 1.92. The van der Waals surface area contributed by atoms with E-state index >= 15 is 0 Å². The first kappa shape index (κ1) is 22.9. The maximum Gasteiger partial charge on any atom is 0.264 e. The average molecular weight is 483 g/mol. The van der Waals surface area contributed by atoms with Crippen LogP contribution >= 0.6 is 23.2 Å². The van der Waals surface area contributed by atoms with Gasteiger partial charge in [0.1, 0.15) is 18.1 Å². The van der Waals surface area contributed by atoms with Crippen LogP contribution in [0.3, 0.4) is 0 Å². The summed E-state index contributed by atoms with van der Waals surface area (Å²) in [6.07, 6.45) is 0. The first-order valence-corrected chi connectivity index (χ1v) is 11.1. The number of hydrogen-bond acceptors (Lipinski definition) is 4. The number of benzene rings is 3. The van der Waals surface area contributed by atoms with E-state index in [4.69, 9.17) is 27.9 Å². The maximum absolute atomic E-state index is 13.4. The predicted molar refractivity (Wildman–Crippen MR) is 119 cm³/mol. The Hall–Kier alpha value is -2.81. The Morgan fingerprint density at radius 3 is 2.23 bits per heavy atom. The Morgan fingerprint density at radius 2 is 1.65 bits per heavy atom. The Bertz CT molecular complexity index is 1190. The molecule has 0 saturated carbocycles. The van der Waals surface area contributed by atoms with Crippen molar-refractivity contribution in [1.82, 2.24) is 0 Å². The maximum atomic E-state index is 13.4. The number of hydrogen-bond donors (Lipinski definition) is 1. The standard InChI is InChI=1S/C21H17Cl2FN2O4S/c1-30-17-7-9-18(10-8-17)31(28,29)26(16-5-2-14(24)3-6-16)13-21(27)25-15-4-11-19(22)20(23)12-15/h2-12H,13H2,1H3,(H,25,27). The summed E-state index contributed by atoms with van der Waals surface area (Å²) in [6.45, 7) is -0.555. The van der Waals surface area contributed by atoms with Gasteiger partial charge in [0.05, 0.1) is 27.7 Å². The smallest absolute Gasteiger partial charge is 0.264 e. The molecule has 31 heavy (non-hydrogen) atoms. The predicted octanol–water partition coefficient (Wildman–Crippen LogP) is 4.98. The van der Waals surface area contributed by atoms with Gasteiger partial charge in [0.25, 0.3) is 10.0 Å². The summed E-state index contributed by atoms with van der Waals surface area (Å²) in [6, 6.07) is 15.0. The summed E-state index contributed by atoms with van der Waals surface area (Å²) in [5, 5.41) is 3.13. The first-order valence-electron chi connectivity index (χ1n) is 8.88. The largest absolute Gasteiger partial charge is 0.497 e. The minimum atomic E-state index is -4.15. The highest BCUT2D eigenvalue weighted by atomic mass is 35.5. The van der Waals surface area contributed by atoms with Crippen LogP contribution in [0.15, 0.2) is 71.6 Å². The number of rotatable bonds is 7. The van der Waals surface area contributed by atoms with Crippen LogP contribution in [-0.2, 0) is 14.8 Å². The van der Waals surface area contributed by atoms with Gasteiger partial charge >= 0.3 is 0 Å². The van der Waals surface area contributed by atoms with Crippen molar-refractivity contribution in [1.29, 1.82) is 0 Å². The molecule has 0 aromatic heterocycles. The number of nitrogens with zero attached hydrogens (tertiary/aromatic N) is 1. The van der Waals surface area contributed by atoms with Crippen LogP contribution in [0, 0.1) is 5.82 Å². The number of halogens is 3. The van der Waals surface area contributed by atoms with Gasteiger partial charge in [-0.3, -0.25) is 9.10 Å². The number of carbonyl (C=O) groups excluding carboxylic acids is 1. The number of amides is 1. The molecule has 3 rings (SSSR count). The molecule has 0 unspecified atom stereocenters. The van der Waals surface area contributed by atoms with Gasteiger partial charge in [-0.1, -0.05) is 23.2 Å². The summed E-state index contributed by atoms with van der Waals surface area (Å²) in [4.78, 5) is 12.6. The normalized spacial score (nSPS) is 11.1. The summed E-state index contributed by atoms with van der Waals surface area (Å²) >= 11 is 11.8. The van der Waals surface area contributed by atoms with Gasteiger partial charge < -0.3 is 10.1 Å². The summed E-state index contributed by atoms with van der Waals surface area (Å²) in [5.41, 5.74) is 0.474. The second-order valence-electron chi connectivity index (χ2n) is 6.34. The fourth-order valence-corrected chi connectivity index (χ4v) is 4.42. The molecule has 10 heteroatoms. The topological polar surface area (TPSA) is 75.7 Å². The second-order valence-corrected chi connectivity index (χ2v) is 9.02. The van der Waals surface area contributed by atoms with Crippen molar-refractivity contribution in [2.75, 3.05) is 23.3 Å². The van der Waals surface area contributed by atoms with Gasteiger partial charge in [-0.15, -0.1) is 0 Å². The lowest BCUT2D eigenvalue weighted by Gasteiger charge is -2.24. The quantitative estimate of drug-likeness (QED) is 0.515. The number of anilines is 2. The average Bonchev–Trinajstić information content (AvgIpc) is 2.75. The molecular formula is C21H17Cl2FN2O4S. The number of sulfonamides is 1. The third-order valence-corrected chi connectivity index (χ3v) is 6.78. The molecule has 0 bridgehead atoms. The van der Waals surface area contributed by atoms with Gasteiger partial charge in [-0.05, 0) is 66.7 Å². The highest BCUT2D eigenvalue weighted by molar-refractivity contribution is 7.92. The minimum Gasteiger partial charge on any atom is -0.497 e. The van der Waals surface area contributed by atoms with Crippen LogP contribution in [0.5, 0.6) is 5.75 Å². The molecule has 0 aliphatic heterocycles. The molecule has 0 aliphatic rings. The lowest BCUT2D eigenvalue weighted by molar-refractivity contribution is -0.114. The highest BCUT2D eigenvalue weighted by Crippen LogP contribution is 2.27. The molecule has 1 N–H and O–H groups in total. The zero-order chi connectivity index (χ0) is 22.6. The van der Waals surface area contributed by atoms with Gasteiger partial charge in [-0.25, -0.2) is 12.8 Å². The number of methoxy groups -OCH3 is 1. The molecule has 3 aromatic rings. The molecule has 1 amide bonds. The Labute approximate surface area is 189 Å². The van der Waals surface area contributed by atoms with Crippen molar-refractivity contribution in [3.63, 3.8) is 0 Å². The fraction of sp³-hybridized carbons (Fsp3) is 0.0952. The van der Waals surface area contributed by atoms with E-state index in [1.54, 1.807) is 0 Å². The van der Waals surface area contributed by atoms with Gasteiger partial charge in [0.15, 0.2) is 0 Å². The monoisotopic (exact) mass is 482 g/mol. The summed E-state index contributed by atoms with van der Waals surface area (Å²) in [5.74, 6) is -0.685. The molecule has 0 aliphatic carbocycles. The Kier molecular flexibility index (Phi) is 7.04. The molecular weight excluding hydrogens is 466 g/mol. The van der Waals surface area contributed by atoms with Gasteiger partial charge in [0, 0.05) is 5.69 Å². The van der Waals surface area contributed by atoms with E-state index in [0.29, 0.717) is 16.5 Å². The van der Waals surface area contributed by atoms with E-state index in [0.717, 1.165) is 16.4 Å². The Morgan fingerprint density at radius 1 is 1.00 bits per heavy atom. The van der Waals surface area contributed by atoms with Crippen molar-refractivity contribution in [2.24, 2.45) is 0 Å². The zero-order valence-corrected chi connectivity index (χ0v) is 18.5. The van der Waals surface area contributed by atoms with Gasteiger partial charge in [-0.2, -0.15) is 0 Å². The molecule has 0 saturated heterocycles. The molecule has 0 heterocycles. The van der Waals surface area contributed by atoms with Crippen LogP contribution in [0.1, 0.15) is 0 Å². The van der Waals surface area contributed by atoms with E-state index in [1.165, 1.54) is 61.7 Å². The van der Waals surface area contributed by atoms with E-state index in [9.17, 15) is 17.6 Å². The number of ether oxygens (including phenoxy) is 1. The van der Waals surface area contributed by atoms with Crippen molar-refractivity contribution < 1.29 is 22.3 Å². The molecule has 162 valence electrons. The van der Waals surface area contributed by atoms with Gasteiger partial charge in [0.2, 0.25) is 5.91 Å². The van der Waals surface area contributed by atoms with Crippen LogP contribution in [0.4, 0.5) is 15.8 Å². The minimum absolute atomic E-state index is 0.0556. The summed E-state index contributed by atoms with van der Waals surface area (Å²) in [7, 11) is -2.69. The number of carbonyl (C=O) groups is 1. The zero-order valence-electron chi connectivity index (χ0n) is 16.2. The highest BCUT2D eigenvalue weighted by Gasteiger charge is 2.27. The molecule has 0 radical (unpaired) electrons. The van der Waals surface area contributed by atoms with Crippen molar-refractivity contribution in [2.45, 2.75) is 4.90 Å². The van der Waals surface area contributed by atoms with Crippen LogP contribution in [0.2, 0.25) is 10.0 Å². The van der Waals surface area contributed by atoms with Crippen LogP contribution < -0.4 is 14.4 Å². The molecule has 0 spiro atoms. The first-order chi connectivity index (χ1) is 14.7. The van der Waals surface area contributed by atoms with Crippen molar-refractivity contribution in [3.05, 3.63) is 82.6 Å². The lowest BCUT2D eigenvalue weighted by atomic mass is 10.3. The molecule has 3 aromatic carbocycles. The fourth-order valence-electron chi connectivity index (χ4n) is 2.70. The third kappa shape index (κ3) is 5.46. The summed E-state index contributed by atoms with van der Waals surface area (Å²) < 4.78 is 45.9. The van der Waals surface area contributed by atoms with E-state index in [1.807, 2.05) is 0 Å². The second kappa shape index (κ2) is 9.55. The molecule has 0 atom stereocenters. The lowest BCUT2D eigenvalue weighted by Crippen LogP contribution is -2.38. The molecule has 0 fully saturated rings.